The Hall–Kier alpha value is -0.650. The molecule has 1 fully saturated rings. The van der Waals surface area contributed by atoms with Crippen LogP contribution in [0.1, 0.15) is 23.2 Å². The molecule has 1 aromatic rings. The highest BCUT2D eigenvalue weighted by Gasteiger charge is 2.24. The third-order valence-electron chi connectivity index (χ3n) is 2.90. The van der Waals surface area contributed by atoms with Crippen molar-refractivity contribution in [3.8, 4) is 0 Å². The van der Waals surface area contributed by atoms with E-state index in [-0.39, 0.29) is 29.9 Å². The standard InChI is InChI=1S/C12H14BrFN2O.ClH/c13-8-3-4-11(14)10(6-8)12(17)16-5-1-2-9(15)7-16;/h3-4,6,9H,1-2,5,7,15H2;1H/t9-;/m1./s1. The summed E-state index contributed by atoms with van der Waals surface area (Å²) in [7, 11) is 0. The van der Waals surface area contributed by atoms with Crippen molar-refractivity contribution in [3.63, 3.8) is 0 Å². The zero-order valence-electron chi connectivity index (χ0n) is 9.73. The van der Waals surface area contributed by atoms with Crippen LogP contribution in [0.15, 0.2) is 22.7 Å². The van der Waals surface area contributed by atoms with Crippen molar-refractivity contribution >= 4 is 34.2 Å². The minimum Gasteiger partial charge on any atom is -0.337 e. The Morgan fingerprint density at radius 3 is 2.89 bits per heavy atom. The molecule has 0 bridgehead atoms. The number of halogens is 3. The second-order valence-electron chi connectivity index (χ2n) is 4.28. The summed E-state index contributed by atoms with van der Waals surface area (Å²) >= 11 is 3.24. The van der Waals surface area contributed by atoms with Crippen LogP contribution in [0.3, 0.4) is 0 Å². The van der Waals surface area contributed by atoms with Crippen LogP contribution in [0, 0.1) is 5.82 Å². The van der Waals surface area contributed by atoms with Gasteiger partial charge in [-0.05, 0) is 31.0 Å². The Morgan fingerprint density at radius 2 is 2.22 bits per heavy atom. The summed E-state index contributed by atoms with van der Waals surface area (Å²) in [5, 5.41) is 0. The smallest absolute Gasteiger partial charge is 0.256 e. The van der Waals surface area contributed by atoms with Gasteiger partial charge in [-0.15, -0.1) is 12.4 Å². The fourth-order valence-corrected chi connectivity index (χ4v) is 2.39. The number of likely N-dealkylation sites (tertiary alicyclic amines) is 1. The fraction of sp³-hybridized carbons (Fsp3) is 0.417. The van der Waals surface area contributed by atoms with Crippen LogP contribution >= 0.6 is 28.3 Å². The van der Waals surface area contributed by atoms with E-state index in [9.17, 15) is 9.18 Å². The van der Waals surface area contributed by atoms with Gasteiger partial charge < -0.3 is 10.6 Å². The van der Waals surface area contributed by atoms with Crippen LogP contribution in [0.4, 0.5) is 4.39 Å². The molecule has 0 unspecified atom stereocenters. The van der Waals surface area contributed by atoms with Crippen LogP contribution in [-0.4, -0.2) is 29.9 Å². The maximum absolute atomic E-state index is 13.6. The lowest BCUT2D eigenvalue weighted by atomic mass is 10.1. The lowest BCUT2D eigenvalue weighted by Gasteiger charge is -2.30. The van der Waals surface area contributed by atoms with Crippen LogP contribution in [0.5, 0.6) is 0 Å². The van der Waals surface area contributed by atoms with Gasteiger partial charge in [0, 0.05) is 23.6 Å². The van der Waals surface area contributed by atoms with Gasteiger partial charge in [0.1, 0.15) is 5.82 Å². The normalized spacial score (nSPS) is 19.3. The summed E-state index contributed by atoms with van der Waals surface area (Å²) in [5.74, 6) is -0.767. The summed E-state index contributed by atoms with van der Waals surface area (Å²) in [5.41, 5.74) is 5.92. The van der Waals surface area contributed by atoms with Crippen LogP contribution in [-0.2, 0) is 0 Å². The van der Waals surface area contributed by atoms with E-state index >= 15 is 0 Å². The van der Waals surface area contributed by atoms with Gasteiger partial charge in [-0.2, -0.15) is 0 Å². The molecule has 1 heterocycles. The SMILES string of the molecule is Cl.N[C@@H]1CCCN(C(=O)c2cc(Br)ccc2F)C1. The summed E-state index contributed by atoms with van der Waals surface area (Å²) in [6.07, 6.45) is 1.80. The third kappa shape index (κ3) is 3.43. The summed E-state index contributed by atoms with van der Waals surface area (Å²) in [6, 6.07) is 4.38. The molecular weight excluding hydrogens is 323 g/mol. The number of piperidine rings is 1. The van der Waals surface area contributed by atoms with E-state index in [0.29, 0.717) is 17.6 Å². The van der Waals surface area contributed by atoms with Crippen molar-refractivity contribution in [1.82, 2.24) is 4.90 Å². The first-order chi connectivity index (χ1) is 8.08. The van der Waals surface area contributed by atoms with Crippen LogP contribution < -0.4 is 5.73 Å². The van der Waals surface area contributed by atoms with E-state index in [2.05, 4.69) is 15.9 Å². The minimum atomic E-state index is -0.489. The molecule has 2 rings (SSSR count). The molecule has 18 heavy (non-hydrogen) atoms. The van der Waals surface area contributed by atoms with Gasteiger partial charge in [-0.25, -0.2) is 4.39 Å². The Morgan fingerprint density at radius 1 is 1.50 bits per heavy atom. The van der Waals surface area contributed by atoms with Crippen molar-refractivity contribution in [2.45, 2.75) is 18.9 Å². The average molecular weight is 338 g/mol. The molecule has 1 saturated heterocycles. The van der Waals surface area contributed by atoms with Crippen molar-refractivity contribution in [2.24, 2.45) is 5.73 Å². The van der Waals surface area contributed by atoms with Gasteiger partial charge >= 0.3 is 0 Å². The van der Waals surface area contributed by atoms with Gasteiger partial charge in [-0.1, -0.05) is 15.9 Å². The second-order valence-corrected chi connectivity index (χ2v) is 5.19. The Bertz CT molecular complexity index is 444. The lowest BCUT2D eigenvalue weighted by molar-refractivity contribution is 0.0704. The number of nitrogens with zero attached hydrogens (tertiary/aromatic N) is 1. The van der Waals surface area contributed by atoms with Crippen molar-refractivity contribution in [3.05, 3.63) is 34.1 Å². The van der Waals surface area contributed by atoms with Crippen molar-refractivity contribution in [1.29, 1.82) is 0 Å². The first-order valence-corrected chi connectivity index (χ1v) is 6.37. The second kappa shape index (κ2) is 6.50. The van der Waals surface area contributed by atoms with E-state index < -0.39 is 5.82 Å². The first kappa shape index (κ1) is 15.4. The molecule has 0 spiro atoms. The molecule has 2 N–H and O–H groups in total. The highest BCUT2D eigenvalue weighted by atomic mass is 79.9. The number of amides is 1. The predicted molar refractivity (Wildman–Crippen MR) is 74.5 cm³/mol. The van der Waals surface area contributed by atoms with Gasteiger partial charge in [0.25, 0.3) is 5.91 Å². The topological polar surface area (TPSA) is 46.3 Å². The number of benzene rings is 1. The number of rotatable bonds is 1. The average Bonchev–Trinajstić information content (AvgIpc) is 2.31. The van der Waals surface area contributed by atoms with E-state index in [0.717, 1.165) is 12.8 Å². The van der Waals surface area contributed by atoms with E-state index in [1.807, 2.05) is 0 Å². The quantitative estimate of drug-likeness (QED) is 0.856. The zero-order chi connectivity index (χ0) is 12.4. The van der Waals surface area contributed by atoms with Gasteiger partial charge in [0.05, 0.1) is 5.56 Å². The zero-order valence-corrected chi connectivity index (χ0v) is 12.1. The number of nitrogens with two attached hydrogens (primary N) is 1. The highest BCUT2D eigenvalue weighted by Crippen LogP contribution is 2.19. The van der Waals surface area contributed by atoms with E-state index in [4.69, 9.17) is 5.73 Å². The maximum atomic E-state index is 13.6. The molecule has 1 aliphatic rings. The molecule has 1 aliphatic heterocycles. The van der Waals surface area contributed by atoms with Crippen LogP contribution in [0.2, 0.25) is 0 Å². The highest BCUT2D eigenvalue weighted by molar-refractivity contribution is 9.10. The molecule has 3 nitrogen and oxygen atoms in total. The Balaban J connectivity index is 0.00000162. The molecule has 0 radical (unpaired) electrons. The third-order valence-corrected chi connectivity index (χ3v) is 3.40. The van der Waals surface area contributed by atoms with Gasteiger partial charge in [0.15, 0.2) is 0 Å². The number of carbonyl (C=O) groups is 1. The minimum absolute atomic E-state index is 0. The maximum Gasteiger partial charge on any atom is 0.256 e. The van der Waals surface area contributed by atoms with Gasteiger partial charge in [-0.3, -0.25) is 4.79 Å². The summed E-state index contributed by atoms with van der Waals surface area (Å²) in [6.45, 7) is 1.16. The number of hydrogen-bond donors (Lipinski definition) is 1. The van der Waals surface area contributed by atoms with Crippen molar-refractivity contribution < 1.29 is 9.18 Å². The van der Waals surface area contributed by atoms with Crippen molar-refractivity contribution in [2.75, 3.05) is 13.1 Å². The number of carbonyl (C=O) groups excluding carboxylic acids is 1. The Kier molecular flexibility index (Phi) is 5.56. The molecule has 100 valence electrons. The molecule has 0 saturated carbocycles. The van der Waals surface area contributed by atoms with Gasteiger partial charge in [0.2, 0.25) is 0 Å². The Labute approximate surface area is 120 Å². The molecule has 0 aliphatic carbocycles. The monoisotopic (exact) mass is 336 g/mol. The predicted octanol–water partition coefficient (Wildman–Crippen LogP) is 2.57. The molecule has 1 amide bonds. The molecule has 6 heteroatoms. The summed E-state index contributed by atoms with van der Waals surface area (Å²) < 4.78 is 14.3. The molecular formula is C12H15BrClFN2O. The molecule has 1 atom stereocenters. The first-order valence-electron chi connectivity index (χ1n) is 5.58. The summed E-state index contributed by atoms with van der Waals surface area (Å²) in [4.78, 5) is 13.8. The molecule has 1 aromatic carbocycles. The van der Waals surface area contributed by atoms with E-state index in [1.165, 1.54) is 12.1 Å². The fourth-order valence-electron chi connectivity index (χ4n) is 2.03. The lowest BCUT2D eigenvalue weighted by Crippen LogP contribution is -2.45. The largest absolute Gasteiger partial charge is 0.337 e. The number of hydrogen-bond acceptors (Lipinski definition) is 2. The van der Waals surface area contributed by atoms with E-state index in [1.54, 1.807) is 11.0 Å². The molecule has 0 aromatic heterocycles. The van der Waals surface area contributed by atoms with Crippen LogP contribution in [0.25, 0.3) is 0 Å².